The number of nitrogens with zero attached hydrogens (tertiary/aromatic N) is 1. The van der Waals surface area contributed by atoms with Crippen molar-refractivity contribution in [1.82, 2.24) is 5.32 Å². The minimum atomic E-state index is -0.439. The number of benzene rings is 2. The minimum absolute atomic E-state index is 0.0116. The lowest BCUT2D eigenvalue weighted by molar-refractivity contribution is -0.384. The SMILES string of the molecule is CCCCOc1ccc(C(=O)NCCNc2ccccc2[N+](=O)[O-])cc1. The first-order valence-electron chi connectivity index (χ1n) is 8.60. The van der Waals surface area contributed by atoms with Crippen molar-refractivity contribution in [2.75, 3.05) is 25.0 Å². The highest BCUT2D eigenvalue weighted by molar-refractivity contribution is 5.94. The second-order valence-corrected chi connectivity index (χ2v) is 5.68. The van der Waals surface area contributed by atoms with Crippen LogP contribution in [-0.2, 0) is 0 Å². The van der Waals surface area contributed by atoms with Crippen LogP contribution in [0.15, 0.2) is 48.5 Å². The number of nitro benzene ring substituents is 1. The van der Waals surface area contributed by atoms with Crippen LogP contribution in [0.2, 0.25) is 0 Å². The Morgan fingerprint density at radius 1 is 1.12 bits per heavy atom. The van der Waals surface area contributed by atoms with Gasteiger partial charge in [-0.05, 0) is 36.8 Å². The third-order valence-electron chi connectivity index (χ3n) is 3.71. The van der Waals surface area contributed by atoms with E-state index in [-0.39, 0.29) is 11.6 Å². The van der Waals surface area contributed by atoms with E-state index in [4.69, 9.17) is 4.74 Å². The molecule has 0 bridgehead atoms. The van der Waals surface area contributed by atoms with E-state index < -0.39 is 4.92 Å². The Bertz CT molecular complexity index is 732. The Labute approximate surface area is 152 Å². The molecule has 0 radical (unpaired) electrons. The Morgan fingerprint density at radius 3 is 2.54 bits per heavy atom. The van der Waals surface area contributed by atoms with Crippen molar-refractivity contribution in [2.24, 2.45) is 0 Å². The number of rotatable bonds is 10. The van der Waals surface area contributed by atoms with Gasteiger partial charge in [0.25, 0.3) is 11.6 Å². The van der Waals surface area contributed by atoms with Crippen molar-refractivity contribution in [3.8, 4) is 5.75 Å². The van der Waals surface area contributed by atoms with E-state index >= 15 is 0 Å². The molecule has 0 saturated heterocycles. The van der Waals surface area contributed by atoms with Crippen LogP contribution in [-0.4, -0.2) is 30.5 Å². The van der Waals surface area contributed by atoms with E-state index in [1.165, 1.54) is 6.07 Å². The fourth-order valence-electron chi connectivity index (χ4n) is 2.29. The van der Waals surface area contributed by atoms with Gasteiger partial charge in [0, 0.05) is 24.7 Å². The average molecular weight is 357 g/mol. The minimum Gasteiger partial charge on any atom is -0.494 e. The van der Waals surface area contributed by atoms with Gasteiger partial charge in [0.2, 0.25) is 0 Å². The lowest BCUT2D eigenvalue weighted by Crippen LogP contribution is -2.28. The number of carbonyl (C=O) groups excluding carboxylic acids is 1. The van der Waals surface area contributed by atoms with Crippen molar-refractivity contribution < 1.29 is 14.5 Å². The average Bonchev–Trinajstić information content (AvgIpc) is 2.66. The Kier molecular flexibility index (Phi) is 7.42. The normalized spacial score (nSPS) is 10.2. The van der Waals surface area contributed by atoms with E-state index in [9.17, 15) is 14.9 Å². The summed E-state index contributed by atoms with van der Waals surface area (Å²) >= 11 is 0. The summed E-state index contributed by atoms with van der Waals surface area (Å²) in [7, 11) is 0. The molecule has 0 aliphatic rings. The number of hydrogen-bond donors (Lipinski definition) is 2. The maximum absolute atomic E-state index is 12.1. The first-order valence-corrected chi connectivity index (χ1v) is 8.60. The van der Waals surface area contributed by atoms with E-state index in [1.54, 1.807) is 42.5 Å². The fraction of sp³-hybridized carbons (Fsp3) is 0.316. The Morgan fingerprint density at radius 2 is 1.85 bits per heavy atom. The number of para-hydroxylation sites is 2. The van der Waals surface area contributed by atoms with Gasteiger partial charge in [0.05, 0.1) is 11.5 Å². The summed E-state index contributed by atoms with van der Waals surface area (Å²) in [6.07, 6.45) is 2.06. The Balaban J connectivity index is 1.77. The Hall–Kier alpha value is -3.09. The van der Waals surface area contributed by atoms with Gasteiger partial charge in [0.1, 0.15) is 11.4 Å². The molecule has 0 unspecified atom stereocenters. The highest BCUT2D eigenvalue weighted by Gasteiger charge is 2.11. The summed E-state index contributed by atoms with van der Waals surface area (Å²) in [6.45, 7) is 3.50. The maximum Gasteiger partial charge on any atom is 0.292 e. The van der Waals surface area contributed by atoms with Crippen LogP contribution < -0.4 is 15.4 Å². The van der Waals surface area contributed by atoms with Crippen LogP contribution >= 0.6 is 0 Å². The van der Waals surface area contributed by atoms with Crippen LogP contribution in [0, 0.1) is 10.1 Å². The second kappa shape index (κ2) is 10.0. The summed E-state index contributed by atoms with van der Waals surface area (Å²) in [4.78, 5) is 22.6. The fourth-order valence-corrected chi connectivity index (χ4v) is 2.29. The summed E-state index contributed by atoms with van der Waals surface area (Å²) in [5, 5.41) is 16.7. The first kappa shape index (κ1) is 19.2. The van der Waals surface area contributed by atoms with E-state index in [2.05, 4.69) is 17.6 Å². The van der Waals surface area contributed by atoms with Gasteiger partial charge in [-0.2, -0.15) is 0 Å². The standard InChI is InChI=1S/C19H23N3O4/c1-2-3-14-26-16-10-8-15(9-11-16)19(23)21-13-12-20-17-6-4-5-7-18(17)22(24)25/h4-11,20H,2-3,12-14H2,1H3,(H,21,23). The second-order valence-electron chi connectivity index (χ2n) is 5.68. The molecule has 0 saturated carbocycles. The third-order valence-corrected chi connectivity index (χ3v) is 3.71. The van der Waals surface area contributed by atoms with Gasteiger partial charge in [0.15, 0.2) is 0 Å². The predicted molar refractivity (Wildman–Crippen MR) is 101 cm³/mol. The molecule has 0 aliphatic carbocycles. The van der Waals surface area contributed by atoms with Crippen molar-refractivity contribution in [2.45, 2.75) is 19.8 Å². The van der Waals surface area contributed by atoms with E-state index in [0.717, 1.165) is 18.6 Å². The van der Waals surface area contributed by atoms with Crippen molar-refractivity contribution in [3.63, 3.8) is 0 Å². The number of carbonyl (C=O) groups is 1. The lowest BCUT2D eigenvalue weighted by Gasteiger charge is -2.09. The molecular formula is C19H23N3O4. The first-order chi connectivity index (χ1) is 12.6. The molecule has 138 valence electrons. The van der Waals surface area contributed by atoms with Crippen LogP contribution in [0.1, 0.15) is 30.1 Å². The van der Waals surface area contributed by atoms with Crippen LogP contribution in [0.4, 0.5) is 11.4 Å². The van der Waals surface area contributed by atoms with Crippen LogP contribution in [0.3, 0.4) is 0 Å². The summed E-state index contributed by atoms with van der Waals surface area (Å²) < 4.78 is 5.56. The van der Waals surface area contributed by atoms with E-state index in [0.29, 0.717) is 30.9 Å². The van der Waals surface area contributed by atoms with Crippen LogP contribution in [0.25, 0.3) is 0 Å². The van der Waals surface area contributed by atoms with Crippen LogP contribution in [0.5, 0.6) is 5.75 Å². The monoisotopic (exact) mass is 357 g/mol. The molecule has 0 spiro atoms. The largest absolute Gasteiger partial charge is 0.494 e. The number of nitro groups is 1. The third kappa shape index (κ3) is 5.77. The number of hydrogen-bond acceptors (Lipinski definition) is 5. The quantitative estimate of drug-likeness (QED) is 0.385. The number of unbranched alkanes of at least 4 members (excludes halogenated alkanes) is 1. The van der Waals surface area contributed by atoms with Gasteiger partial charge in [-0.1, -0.05) is 25.5 Å². The molecule has 0 atom stereocenters. The summed E-state index contributed by atoms with van der Waals surface area (Å²) in [6, 6.07) is 13.4. The van der Waals surface area contributed by atoms with Crippen molar-refractivity contribution in [1.29, 1.82) is 0 Å². The molecule has 7 nitrogen and oxygen atoms in total. The molecule has 1 amide bonds. The molecule has 2 aromatic carbocycles. The predicted octanol–water partition coefficient (Wildman–Crippen LogP) is 3.62. The van der Waals surface area contributed by atoms with Crippen molar-refractivity contribution in [3.05, 3.63) is 64.2 Å². The molecule has 0 aromatic heterocycles. The number of ether oxygens (including phenoxy) is 1. The summed E-state index contributed by atoms with van der Waals surface area (Å²) in [5.41, 5.74) is 0.983. The number of anilines is 1. The number of amides is 1. The smallest absolute Gasteiger partial charge is 0.292 e. The molecular weight excluding hydrogens is 334 g/mol. The topological polar surface area (TPSA) is 93.5 Å². The molecule has 0 fully saturated rings. The molecule has 26 heavy (non-hydrogen) atoms. The highest BCUT2D eigenvalue weighted by atomic mass is 16.6. The lowest BCUT2D eigenvalue weighted by atomic mass is 10.2. The molecule has 7 heteroatoms. The molecule has 2 aromatic rings. The molecule has 0 heterocycles. The van der Waals surface area contributed by atoms with Gasteiger partial charge >= 0.3 is 0 Å². The maximum atomic E-state index is 12.1. The zero-order chi connectivity index (χ0) is 18.8. The molecule has 2 rings (SSSR count). The number of nitrogens with one attached hydrogen (secondary N) is 2. The van der Waals surface area contributed by atoms with Gasteiger partial charge in [-0.3, -0.25) is 14.9 Å². The highest BCUT2D eigenvalue weighted by Crippen LogP contribution is 2.22. The zero-order valence-electron chi connectivity index (χ0n) is 14.7. The molecule has 2 N–H and O–H groups in total. The van der Waals surface area contributed by atoms with Gasteiger partial charge in [-0.25, -0.2) is 0 Å². The zero-order valence-corrected chi connectivity index (χ0v) is 14.7. The van der Waals surface area contributed by atoms with Gasteiger partial charge in [-0.15, -0.1) is 0 Å². The van der Waals surface area contributed by atoms with E-state index in [1.807, 2.05) is 0 Å². The molecule has 0 aliphatic heterocycles. The van der Waals surface area contributed by atoms with Gasteiger partial charge < -0.3 is 15.4 Å². The van der Waals surface area contributed by atoms with Crippen molar-refractivity contribution >= 4 is 17.3 Å². The summed E-state index contributed by atoms with van der Waals surface area (Å²) in [5.74, 6) is 0.544.